The molecular weight excluding hydrogens is 370 g/mol. The van der Waals surface area contributed by atoms with E-state index in [4.69, 9.17) is 4.74 Å². The van der Waals surface area contributed by atoms with Gasteiger partial charge in [0.1, 0.15) is 6.61 Å². The second-order valence-corrected chi connectivity index (χ2v) is 7.19. The number of benzene rings is 1. The summed E-state index contributed by atoms with van der Waals surface area (Å²) in [5.41, 5.74) is 8.05. The summed E-state index contributed by atoms with van der Waals surface area (Å²) in [5, 5.41) is 7.63. The lowest BCUT2D eigenvalue weighted by molar-refractivity contribution is -0.136. The van der Waals surface area contributed by atoms with Gasteiger partial charge < -0.3 is 15.5 Å². The van der Waals surface area contributed by atoms with Crippen molar-refractivity contribution in [2.45, 2.75) is 12.0 Å². The van der Waals surface area contributed by atoms with E-state index in [-0.39, 0.29) is 23.8 Å². The Kier molecular flexibility index (Phi) is 2.97. The number of fused-ring (bicyclic) bond motifs is 2. The van der Waals surface area contributed by atoms with Crippen LogP contribution >= 0.6 is 15.9 Å². The zero-order chi connectivity index (χ0) is 16.3. The van der Waals surface area contributed by atoms with Crippen molar-refractivity contribution >= 4 is 28.1 Å². The van der Waals surface area contributed by atoms with Crippen molar-refractivity contribution < 1.29 is 9.53 Å². The van der Waals surface area contributed by atoms with Gasteiger partial charge in [0.15, 0.2) is 0 Å². The summed E-state index contributed by atoms with van der Waals surface area (Å²) in [6, 6.07) is 8.17. The SMILES string of the molecule is O=C1OCC2=C1C(c1cccc(Br)c1)C1=C(C=CC3C=NNC13)N2. The van der Waals surface area contributed by atoms with Crippen molar-refractivity contribution in [1.29, 1.82) is 0 Å². The third-order valence-corrected chi connectivity index (χ3v) is 5.43. The molecule has 0 saturated heterocycles. The molecule has 2 N–H and O–H groups in total. The minimum absolute atomic E-state index is 0.0592. The number of carbonyl (C=O) groups excluding carboxylic acids is 1. The Morgan fingerprint density at radius 3 is 3.12 bits per heavy atom. The maximum Gasteiger partial charge on any atom is 0.337 e. The van der Waals surface area contributed by atoms with Crippen LogP contribution < -0.4 is 10.7 Å². The first kappa shape index (κ1) is 14.0. The quantitative estimate of drug-likeness (QED) is 0.730. The van der Waals surface area contributed by atoms with Gasteiger partial charge in [-0.3, -0.25) is 0 Å². The molecule has 6 heteroatoms. The van der Waals surface area contributed by atoms with Gasteiger partial charge in [0.25, 0.3) is 0 Å². The van der Waals surface area contributed by atoms with Gasteiger partial charge in [0.05, 0.1) is 17.3 Å². The summed E-state index contributed by atoms with van der Waals surface area (Å²) >= 11 is 3.54. The van der Waals surface area contributed by atoms with Crippen LogP contribution in [0.1, 0.15) is 11.5 Å². The largest absolute Gasteiger partial charge is 0.456 e. The van der Waals surface area contributed by atoms with Gasteiger partial charge in [0.2, 0.25) is 0 Å². The Hall–Kier alpha value is -2.34. The lowest BCUT2D eigenvalue weighted by Gasteiger charge is -2.35. The molecule has 0 fully saturated rings. The van der Waals surface area contributed by atoms with Gasteiger partial charge in [-0.05, 0) is 29.3 Å². The van der Waals surface area contributed by atoms with Gasteiger partial charge >= 0.3 is 5.97 Å². The minimum Gasteiger partial charge on any atom is -0.456 e. The average Bonchev–Trinajstić information content (AvgIpc) is 3.20. The highest BCUT2D eigenvalue weighted by molar-refractivity contribution is 9.10. The standard InChI is InChI=1S/C18H14BrN3O2/c19-11-3-1-2-9(6-11)14-15-12(5-4-10-7-20-22-17(10)15)21-13-8-24-18(23)16(13)14/h1-7,10,14,17,21-22H,8H2. The Morgan fingerprint density at radius 1 is 1.33 bits per heavy atom. The normalized spacial score (nSPS) is 29.7. The third kappa shape index (κ3) is 1.92. The number of halogens is 1. The second-order valence-electron chi connectivity index (χ2n) is 6.27. The molecular formula is C18H14BrN3O2. The van der Waals surface area contributed by atoms with E-state index in [2.05, 4.69) is 56.1 Å². The van der Waals surface area contributed by atoms with Crippen molar-refractivity contribution in [3.8, 4) is 0 Å². The highest BCUT2D eigenvalue weighted by Crippen LogP contribution is 2.45. The minimum atomic E-state index is -0.237. The maximum absolute atomic E-state index is 12.4. The lowest BCUT2D eigenvalue weighted by Crippen LogP contribution is -2.40. The van der Waals surface area contributed by atoms with Crippen molar-refractivity contribution in [3.05, 3.63) is 69.0 Å². The first-order valence-corrected chi connectivity index (χ1v) is 8.65. The topological polar surface area (TPSA) is 62.7 Å². The van der Waals surface area contributed by atoms with Crippen molar-refractivity contribution in [3.63, 3.8) is 0 Å². The molecule has 3 unspecified atom stereocenters. The fraction of sp³-hybridized carbons (Fsp3) is 0.222. The number of nitrogens with one attached hydrogen (secondary N) is 2. The Balaban J connectivity index is 1.71. The van der Waals surface area contributed by atoms with Crippen LogP contribution in [0.3, 0.4) is 0 Å². The number of ether oxygens (including phenoxy) is 1. The summed E-state index contributed by atoms with van der Waals surface area (Å²) in [4.78, 5) is 12.4. The zero-order valence-corrected chi connectivity index (χ0v) is 14.2. The summed E-state index contributed by atoms with van der Waals surface area (Å²) in [6.45, 7) is 0.307. The van der Waals surface area contributed by atoms with Crippen molar-refractivity contribution in [2.75, 3.05) is 6.61 Å². The molecule has 4 aliphatic rings. The fourth-order valence-electron chi connectivity index (χ4n) is 3.90. The number of allylic oxidation sites excluding steroid dienone is 1. The first-order valence-electron chi connectivity index (χ1n) is 7.86. The fourth-order valence-corrected chi connectivity index (χ4v) is 4.32. The number of cyclic esters (lactones) is 1. The lowest BCUT2D eigenvalue weighted by atomic mass is 9.73. The number of rotatable bonds is 1. The zero-order valence-electron chi connectivity index (χ0n) is 12.6. The Labute approximate surface area is 147 Å². The van der Waals surface area contributed by atoms with Crippen LogP contribution in [0.25, 0.3) is 0 Å². The van der Waals surface area contributed by atoms with E-state index in [1.807, 2.05) is 18.3 Å². The number of hydrazone groups is 1. The van der Waals surface area contributed by atoms with E-state index < -0.39 is 0 Å². The summed E-state index contributed by atoms with van der Waals surface area (Å²) in [7, 11) is 0. The molecule has 3 atom stereocenters. The number of hydrogen-bond acceptors (Lipinski definition) is 5. The van der Waals surface area contributed by atoms with Crippen LogP contribution in [-0.4, -0.2) is 24.8 Å². The van der Waals surface area contributed by atoms with Crippen LogP contribution in [0.5, 0.6) is 0 Å². The van der Waals surface area contributed by atoms with Gasteiger partial charge in [0, 0.05) is 28.2 Å². The molecule has 1 aromatic carbocycles. The number of nitrogens with zero attached hydrogens (tertiary/aromatic N) is 1. The number of dihydropyridines is 1. The Morgan fingerprint density at radius 2 is 2.25 bits per heavy atom. The van der Waals surface area contributed by atoms with Crippen LogP contribution in [0.2, 0.25) is 0 Å². The smallest absolute Gasteiger partial charge is 0.337 e. The van der Waals surface area contributed by atoms with Crippen LogP contribution in [0.4, 0.5) is 0 Å². The van der Waals surface area contributed by atoms with E-state index in [1.165, 1.54) is 0 Å². The number of esters is 1. The average molecular weight is 384 g/mol. The predicted molar refractivity (Wildman–Crippen MR) is 93.1 cm³/mol. The molecule has 0 bridgehead atoms. The molecule has 5 rings (SSSR count). The highest BCUT2D eigenvalue weighted by atomic mass is 79.9. The van der Waals surface area contributed by atoms with Gasteiger partial charge in [-0.2, -0.15) is 5.10 Å². The maximum atomic E-state index is 12.4. The third-order valence-electron chi connectivity index (χ3n) is 4.94. The molecule has 3 aliphatic heterocycles. The van der Waals surface area contributed by atoms with Crippen molar-refractivity contribution in [1.82, 2.24) is 10.7 Å². The van der Waals surface area contributed by atoms with E-state index in [0.717, 1.165) is 32.6 Å². The van der Waals surface area contributed by atoms with Crippen LogP contribution in [0.15, 0.2) is 68.5 Å². The number of carbonyl (C=O) groups is 1. The molecule has 0 amide bonds. The summed E-state index contributed by atoms with van der Waals surface area (Å²) in [5.74, 6) is -0.158. The van der Waals surface area contributed by atoms with Crippen molar-refractivity contribution in [2.24, 2.45) is 11.0 Å². The molecule has 3 heterocycles. The molecule has 0 saturated carbocycles. The van der Waals surface area contributed by atoms with Gasteiger partial charge in [-0.15, -0.1) is 0 Å². The predicted octanol–water partition coefficient (Wildman–Crippen LogP) is 2.34. The molecule has 120 valence electrons. The van der Waals surface area contributed by atoms with E-state index in [1.54, 1.807) is 0 Å². The monoisotopic (exact) mass is 383 g/mol. The molecule has 0 aromatic heterocycles. The Bertz CT molecular complexity index is 884. The molecule has 1 aromatic rings. The first-order chi connectivity index (χ1) is 11.7. The van der Waals surface area contributed by atoms with Crippen LogP contribution in [-0.2, 0) is 9.53 Å². The summed E-state index contributed by atoms with van der Waals surface area (Å²) in [6.07, 6.45) is 6.15. The van der Waals surface area contributed by atoms with E-state index in [0.29, 0.717) is 6.61 Å². The van der Waals surface area contributed by atoms with E-state index >= 15 is 0 Å². The number of hydrogen-bond donors (Lipinski definition) is 2. The molecule has 0 spiro atoms. The van der Waals surface area contributed by atoms with E-state index in [9.17, 15) is 4.79 Å². The second kappa shape index (κ2) is 5.08. The molecule has 5 nitrogen and oxygen atoms in total. The van der Waals surface area contributed by atoms with Gasteiger partial charge in [-0.1, -0.05) is 34.1 Å². The molecule has 1 aliphatic carbocycles. The molecule has 24 heavy (non-hydrogen) atoms. The molecule has 0 radical (unpaired) electrons. The highest BCUT2D eigenvalue weighted by Gasteiger charge is 2.44. The summed E-state index contributed by atoms with van der Waals surface area (Å²) < 4.78 is 6.30. The van der Waals surface area contributed by atoms with Gasteiger partial charge in [-0.25, -0.2) is 4.79 Å². The van der Waals surface area contributed by atoms with Crippen LogP contribution in [0, 0.1) is 5.92 Å².